The van der Waals surface area contributed by atoms with Crippen LogP contribution in [0.25, 0.3) is 0 Å². The minimum absolute atomic E-state index is 0.773. The molecule has 0 radical (unpaired) electrons. The smallest absolute Gasteiger partial charge is 0.132 e. The van der Waals surface area contributed by atoms with Gasteiger partial charge in [0.1, 0.15) is 11.7 Å². The molecular weight excluding hydrogens is 200 g/mol. The summed E-state index contributed by atoms with van der Waals surface area (Å²) in [6, 6.07) is 0. The highest BCUT2D eigenvalue weighted by Crippen LogP contribution is 2.02. The van der Waals surface area contributed by atoms with Crippen LogP contribution in [0.4, 0.5) is 0 Å². The van der Waals surface area contributed by atoms with Crippen molar-refractivity contribution >= 4 is 11.7 Å². The first-order chi connectivity index (χ1) is 7.42. The van der Waals surface area contributed by atoms with Crippen LogP contribution >= 0.6 is 0 Å². The zero-order chi connectivity index (χ0) is 12.7. The lowest BCUT2D eigenvalue weighted by Crippen LogP contribution is -2.26. The molecule has 90 valence electrons. The molecule has 0 aliphatic rings. The second kappa shape index (κ2) is 6.82. The number of amidine groups is 2. The summed E-state index contributed by atoms with van der Waals surface area (Å²) in [6.07, 6.45) is 1.90. The van der Waals surface area contributed by atoms with Gasteiger partial charge in [0, 0.05) is 21.1 Å². The molecule has 0 aliphatic heterocycles. The van der Waals surface area contributed by atoms with Crippen LogP contribution in [-0.4, -0.2) is 37.7 Å². The van der Waals surface area contributed by atoms with Crippen molar-refractivity contribution in [2.75, 3.05) is 21.1 Å². The molecular formula is C12H22N4. The number of hydrogen-bond acceptors (Lipinski definition) is 2. The molecule has 4 heteroatoms. The molecule has 1 N–H and O–H groups in total. The third kappa shape index (κ3) is 4.77. The van der Waals surface area contributed by atoms with E-state index in [4.69, 9.17) is 0 Å². The van der Waals surface area contributed by atoms with Crippen molar-refractivity contribution in [1.29, 1.82) is 0 Å². The van der Waals surface area contributed by atoms with Crippen molar-refractivity contribution in [1.82, 2.24) is 10.2 Å². The molecule has 0 aromatic heterocycles. The third-order valence-electron chi connectivity index (χ3n) is 1.95. The maximum Gasteiger partial charge on any atom is 0.132 e. The molecule has 4 nitrogen and oxygen atoms in total. The minimum atomic E-state index is 0.773. The highest BCUT2D eigenvalue weighted by Gasteiger charge is 2.04. The molecule has 0 fully saturated rings. The van der Waals surface area contributed by atoms with E-state index in [2.05, 4.69) is 21.9 Å². The van der Waals surface area contributed by atoms with E-state index in [1.807, 2.05) is 45.8 Å². The van der Waals surface area contributed by atoms with Gasteiger partial charge >= 0.3 is 0 Å². The van der Waals surface area contributed by atoms with Gasteiger partial charge in [-0.2, -0.15) is 0 Å². The first-order valence-corrected chi connectivity index (χ1v) is 5.21. The molecule has 0 atom stereocenters. The lowest BCUT2D eigenvalue weighted by Gasteiger charge is -2.16. The molecule has 0 aromatic carbocycles. The van der Waals surface area contributed by atoms with Gasteiger partial charge in [0.25, 0.3) is 0 Å². The number of allylic oxidation sites excluding steroid dienone is 1. The first-order valence-electron chi connectivity index (χ1n) is 5.21. The van der Waals surface area contributed by atoms with E-state index in [-0.39, 0.29) is 0 Å². The van der Waals surface area contributed by atoms with E-state index in [1.165, 1.54) is 0 Å². The van der Waals surface area contributed by atoms with Gasteiger partial charge in [0.2, 0.25) is 0 Å². The lowest BCUT2D eigenvalue weighted by atomic mass is 10.3. The predicted octanol–water partition coefficient (Wildman–Crippen LogP) is 2.02. The monoisotopic (exact) mass is 222 g/mol. The number of hydrogen-bond donors (Lipinski definition) is 1. The Bertz CT molecular complexity index is 335. The van der Waals surface area contributed by atoms with Gasteiger partial charge in [-0.1, -0.05) is 6.58 Å². The third-order valence-corrected chi connectivity index (χ3v) is 1.95. The van der Waals surface area contributed by atoms with Gasteiger partial charge in [-0.05, 0) is 32.4 Å². The highest BCUT2D eigenvalue weighted by atomic mass is 15.2. The topological polar surface area (TPSA) is 40.0 Å². The van der Waals surface area contributed by atoms with E-state index in [0.717, 1.165) is 23.1 Å². The van der Waals surface area contributed by atoms with Crippen LogP contribution in [0, 0.1) is 0 Å². The van der Waals surface area contributed by atoms with Gasteiger partial charge in [0.15, 0.2) is 0 Å². The summed E-state index contributed by atoms with van der Waals surface area (Å²) < 4.78 is 0. The second-order valence-electron chi connectivity index (χ2n) is 3.72. The van der Waals surface area contributed by atoms with Crippen LogP contribution in [0.3, 0.4) is 0 Å². The fourth-order valence-electron chi connectivity index (χ4n) is 1.10. The Balaban J connectivity index is 4.99. The molecule has 0 aliphatic carbocycles. The predicted molar refractivity (Wildman–Crippen MR) is 71.9 cm³/mol. The molecule has 0 amide bonds. The summed E-state index contributed by atoms with van der Waals surface area (Å²) in [5, 5.41) is 3.11. The number of rotatable bonds is 3. The van der Waals surface area contributed by atoms with Crippen molar-refractivity contribution < 1.29 is 0 Å². The van der Waals surface area contributed by atoms with Crippen molar-refractivity contribution in [3.63, 3.8) is 0 Å². The fourth-order valence-corrected chi connectivity index (χ4v) is 1.10. The van der Waals surface area contributed by atoms with Crippen LogP contribution in [0.5, 0.6) is 0 Å². The van der Waals surface area contributed by atoms with Crippen molar-refractivity contribution in [3.05, 3.63) is 24.0 Å². The van der Waals surface area contributed by atoms with E-state index in [0.29, 0.717) is 0 Å². The SMILES string of the molecule is C=C(C)C(=N/C(=C\C)NC(C)=NC)N(C)C. The van der Waals surface area contributed by atoms with E-state index < -0.39 is 0 Å². The van der Waals surface area contributed by atoms with Gasteiger partial charge < -0.3 is 10.2 Å². The lowest BCUT2D eigenvalue weighted by molar-refractivity contribution is 0.620. The average Bonchev–Trinajstić information content (AvgIpc) is 2.22. The molecule has 0 spiro atoms. The Labute approximate surface area is 98.5 Å². The summed E-state index contributed by atoms with van der Waals surface area (Å²) in [5.74, 6) is 2.45. The number of nitrogens with one attached hydrogen (secondary N) is 1. The molecule has 0 rings (SSSR count). The zero-order valence-corrected chi connectivity index (χ0v) is 11.1. The molecule has 0 saturated heterocycles. The summed E-state index contributed by atoms with van der Waals surface area (Å²) in [6.45, 7) is 9.67. The van der Waals surface area contributed by atoms with Gasteiger partial charge in [0.05, 0.1) is 5.84 Å². The van der Waals surface area contributed by atoms with Gasteiger partial charge in [-0.3, -0.25) is 4.99 Å². The fraction of sp³-hybridized carbons (Fsp3) is 0.500. The maximum atomic E-state index is 4.49. The second-order valence-corrected chi connectivity index (χ2v) is 3.72. The number of likely N-dealkylation sites (N-methyl/N-ethyl adjacent to an activating group) is 1. The van der Waals surface area contributed by atoms with Crippen LogP contribution in [-0.2, 0) is 0 Å². The first kappa shape index (κ1) is 14.4. The molecule has 16 heavy (non-hydrogen) atoms. The molecule has 0 aromatic rings. The van der Waals surface area contributed by atoms with Crippen molar-refractivity contribution in [3.8, 4) is 0 Å². The van der Waals surface area contributed by atoms with Crippen LogP contribution < -0.4 is 5.32 Å². The number of aliphatic imine (C=N–C) groups is 2. The molecule has 0 heterocycles. The average molecular weight is 222 g/mol. The number of nitrogens with zero attached hydrogens (tertiary/aromatic N) is 3. The maximum absolute atomic E-state index is 4.49. The van der Waals surface area contributed by atoms with E-state index in [1.54, 1.807) is 7.05 Å². The van der Waals surface area contributed by atoms with Gasteiger partial charge in [-0.25, -0.2) is 4.99 Å². The van der Waals surface area contributed by atoms with Crippen molar-refractivity contribution in [2.45, 2.75) is 20.8 Å². The Morgan fingerprint density at radius 3 is 2.19 bits per heavy atom. The van der Waals surface area contributed by atoms with Crippen LogP contribution in [0.15, 0.2) is 34.0 Å². The quantitative estimate of drug-likeness (QED) is 0.586. The summed E-state index contributed by atoms with van der Waals surface area (Å²) in [5.41, 5.74) is 0.928. The molecule has 0 bridgehead atoms. The largest absolute Gasteiger partial charge is 0.362 e. The summed E-state index contributed by atoms with van der Waals surface area (Å²) >= 11 is 0. The summed E-state index contributed by atoms with van der Waals surface area (Å²) in [4.78, 5) is 10.5. The van der Waals surface area contributed by atoms with E-state index >= 15 is 0 Å². The summed E-state index contributed by atoms with van der Waals surface area (Å²) in [7, 11) is 5.63. The Morgan fingerprint density at radius 1 is 1.31 bits per heavy atom. The zero-order valence-electron chi connectivity index (χ0n) is 11.1. The minimum Gasteiger partial charge on any atom is -0.362 e. The molecule has 0 saturated carbocycles. The Morgan fingerprint density at radius 2 is 1.88 bits per heavy atom. The standard InChI is InChI=1S/C12H22N4/c1-8-11(14-10(4)13-5)15-12(9(2)3)16(6)7/h8H,2H2,1,3-7H3,(H,13,14)/b11-8-,15-12?. The Hall–Kier alpha value is -1.58. The van der Waals surface area contributed by atoms with Gasteiger partial charge in [-0.15, -0.1) is 0 Å². The highest BCUT2D eigenvalue weighted by molar-refractivity contribution is 5.97. The molecule has 0 unspecified atom stereocenters. The van der Waals surface area contributed by atoms with Crippen molar-refractivity contribution in [2.24, 2.45) is 9.98 Å². The van der Waals surface area contributed by atoms with E-state index in [9.17, 15) is 0 Å². The van der Waals surface area contributed by atoms with Crippen LogP contribution in [0.1, 0.15) is 20.8 Å². The van der Waals surface area contributed by atoms with Crippen LogP contribution in [0.2, 0.25) is 0 Å². The Kier molecular flexibility index (Phi) is 6.15. The normalized spacial score (nSPS) is 13.8.